The average Bonchev–Trinajstić information content (AvgIpc) is 3.77. The number of hydrogen-bond acceptors (Lipinski definition) is 2. The zero-order chi connectivity index (χ0) is 29.5. The number of para-hydroxylation sites is 1. The van der Waals surface area contributed by atoms with Crippen LogP contribution < -0.4 is 0 Å². The second-order valence-corrected chi connectivity index (χ2v) is 13.9. The minimum atomic E-state index is 1.20. The van der Waals surface area contributed by atoms with E-state index >= 15 is 0 Å². The third-order valence-corrected chi connectivity index (χ3v) is 11.5. The van der Waals surface area contributed by atoms with Gasteiger partial charge in [-0.05, 0) is 82.9 Å². The van der Waals surface area contributed by atoms with Crippen LogP contribution in [0, 0.1) is 0 Å². The highest BCUT2D eigenvalue weighted by Gasteiger charge is 2.15. The van der Waals surface area contributed by atoms with Gasteiger partial charge in [0.25, 0.3) is 0 Å². The Bertz CT molecular complexity index is 2760. The van der Waals surface area contributed by atoms with Gasteiger partial charge in [0, 0.05) is 56.8 Å². The van der Waals surface area contributed by atoms with Gasteiger partial charge >= 0.3 is 0 Å². The van der Waals surface area contributed by atoms with Crippen LogP contribution in [0.3, 0.4) is 0 Å². The topological polar surface area (TPSA) is 4.93 Å². The van der Waals surface area contributed by atoms with Gasteiger partial charge < -0.3 is 4.57 Å². The highest BCUT2D eigenvalue weighted by Crippen LogP contribution is 2.40. The number of aromatic nitrogens is 1. The summed E-state index contributed by atoms with van der Waals surface area (Å²) in [5, 5.41) is 7.88. The van der Waals surface area contributed by atoms with Crippen molar-refractivity contribution in [3.63, 3.8) is 0 Å². The first-order chi connectivity index (χ1) is 22.3. The lowest BCUT2D eigenvalue weighted by Gasteiger charge is -2.09. The Morgan fingerprint density at radius 3 is 1.47 bits per heavy atom. The summed E-state index contributed by atoms with van der Waals surface area (Å²) in [6, 6.07) is 56.0. The van der Waals surface area contributed by atoms with E-state index in [1.165, 1.54) is 90.1 Å². The maximum Gasteiger partial charge on any atom is 0.0541 e. The van der Waals surface area contributed by atoms with Crippen LogP contribution in [0.2, 0.25) is 0 Å². The smallest absolute Gasteiger partial charge is 0.0541 e. The Labute approximate surface area is 267 Å². The molecule has 0 aliphatic heterocycles. The molecule has 45 heavy (non-hydrogen) atoms. The van der Waals surface area contributed by atoms with Gasteiger partial charge in [-0.2, -0.15) is 0 Å². The van der Waals surface area contributed by atoms with E-state index in [9.17, 15) is 0 Å². The molecule has 3 heteroatoms. The van der Waals surface area contributed by atoms with Crippen LogP contribution in [0.15, 0.2) is 152 Å². The van der Waals surface area contributed by atoms with Crippen molar-refractivity contribution in [2.24, 2.45) is 0 Å². The number of benzene rings is 7. The maximum atomic E-state index is 2.42. The average molecular weight is 608 g/mol. The Kier molecular flexibility index (Phi) is 5.39. The molecular weight excluding hydrogens is 583 g/mol. The molecule has 0 fully saturated rings. The molecule has 10 aromatic rings. The predicted octanol–water partition coefficient (Wildman–Crippen LogP) is 12.9. The summed E-state index contributed by atoms with van der Waals surface area (Å²) in [5.41, 5.74) is 8.62. The van der Waals surface area contributed by atoms with E-state index in [0.29, 0.717) is 0 Å². The summed E-state index contributed by atoms with van der Waals surface area (Å²) in [4.78, 5) is 0. The van der Waals surface area contributed by atoms with Gasteiger partial charge in [0.1, 0.15) is 0 Å². The second-order valence-electron chi connectivity index (χ2n) is 11.7. The van der Waals surface area contributed by atoms with Crippen LogP contribution in [0.5, 0.6) is 0 Å². The van der Waals surface area contributed by atoms with Gasteiger partial charge in [0.05, 0.1) is 11.0 Å². The molecule has 210 valence electrons. The van der Waals surface area contributed by atoms with Gasteiger partial charge in [-0.3, -0.25) is 0 Å². The van der Waals surface area contributed by atoms with Gasteiger partial charge in [0.2, 0.25) is 0 Å². The van der Waals surface area contributed by atoms with Crippen molar-refractivity contribution >= 4 is 84.8 Å². The van der Waals surface area contributed by atoms with Crippen LogP contribution >= 0.6 is 22.7 Å². The molecule has 0 bridgehead atoms. The van der Waals surface area contributed by atoms with Crippen LogP contribution in [-0.4, -0.2) is 4.57 Å². The third kappa shape index (κ3) is 3.85. The van der Waals surface area contributed by atoms with E-state index in [1.54, 1.807) is 0 Å². The number of fused-ring (bicyclic) bond motifs is 9. The first-order valence-corrected chi connectivity index (χ1v) is 16.9. The number of nitrogens with zero attached hydrogens (tertiary/aromatic N) is 1. The van der Waals surface area contributed by atoms with Gasteiger partial charge in [-0.25, -0.2) is 0 Å². The summed E-state index contributed by atoms with van der Waals surface area (Å²) in [5.74, 6) is 0. The summed E-state index contributed by atoms with van der Waals surface area (Å²) >= 11 is 3.73. The first-order valence-electron chi connectivity index (χ1n) is 15.3. The first kappa shape index (κ1) is 25.1. The molecule has 0 atom stereocenters. The number of hydrogen-bond donors (Lipinski definition) is 0. The lowest BCUT2D eigenvalue weighted by atomic mass is 9.98. The normalized spacial score (nSPS) is 12.0. The second kappa shape index (κ2) is 9.64. The fourth-order valence-corrected chi connectivity index (χ4v) is 9.22. The van der Waals surface area contributed by atoms with Crippen molar-refractivity contribution in [2.45, 2.75) is 0 Å². The van der Waals surface area contributed by atoms with Gasteiger partial charge in [0.15, 0.2) is 0 Å². The minimum Gasteiger partial charge on any atom is -0.309 e. The van der Waals surface area contributed by atoms with Crippen molar-refractivity contribution in [3.8, 4) is 27.9 Å². The molecule has 0 amide bonds. The maximum absolute atomic E-state index is 2.42. The molecule has 7 aromatic carbocycles. The molecule has 3 aromatic heterocycles. The van der Waals surface area contributed by atoms with Crippen LogP contribution in [0.1, 0.15) is 0 Å². The molecule has 0 unspecified atom stereocenters. The number of rotatable bonds is 3. The molecule has 0 aliphatic carbocycles. The SMILES string of the molecule is c1ccc2c(c1)sc1ccc(-c3ccc(-c4ccc5c(c4)c4ccccc4n5-c4ccc5sc6ccccc6c5c4)cc3)cc12. The van der Waals surface area contributed by atoms with E-state index < -0.39 is 0 Å². The van der Waals surface area contributed by atoms with Crippen LogP contribution in [0.4, 0.5) is 0 Å². The molecule has 0 saturated carbocycles. The quantitative estimate of drug-likeness (QED) is 0.188. The molecule has 0 aliphatic rings. The van der Waals surface area contributed by atoms with Crippen molar-refractivity contribution in [1.82, 2.24) is 4.57 Å². The molecule has 0 radical (unpaired) electrons. The van der Waals surface area contributed by atoms with E-state index in [2.05, 4.69) is 156 Å². The molecule has 0 saturated heterocycles. The Balaban J connectivity index is 1.07. The Morgan fingerprint density at radius 1 is 0.311 bits per heavy atom. The summed E-state index contributed by atoms with van der Waals surface area (Å²) in [6.07, 6.45) is 0. The zero-order valence-corrected chi connectivity index (χ0v) is 25.8. The predicted molar refractivity (Wildman–Crippen MR) is 197 cm³/mol. The highest BCUT2D eigenvalue weighted by atomic mass is 32.1. The highest BCUT2D eigenvalue weighted by molar-refractivity contribution is 7.26. The Morgan fingerprint density at radius 2 is 0.778 bits per heavy atom. The van der Waals surface area contributed by atoms with E-state index in [4.69, 9.17) is 0 Å². The molecule has 1 nitrogen and oxygen atoms in total. The van der Waals surface area contributed by atoms with Crippen LogP contribution in [-0.2, 0) is 0 Å². The van der Waals surface area contributed by atoms with Crippen molar-refractivity contribution < 1.29 is 0 Å². The lowest BCUT2D eigenvalue weighted by molar-refractivity contribution is 1.19. The Hall–Kier alpha value is -5.22. The molecule has 10 rings (SSSR count). The zero-order valence-electron chi connectivity index (χ0n) is 24.2. The minimum absolute atomic E-state index is 1.20. The molecule has 3 heterocycles. The largest absolute Gasteiger partial charge is 0.309 e. The lowest BCUT2D eigenvalue weighted by Crippen LogP contribution is -1.93. The van der Waals surface area contributed by atoms with Gasteiger partial charge in [-0.1, -0.05) is 91.0 Å². The van der Waals surface area contributed by atoms with E-state index in [1.807, 2.05) is 22.7 Å². The standard InChI is InChI=1S/C42H25NS2/c1-4-10-37-31(7-1)34-23-28(17-20-38(34)43(37)30-19-22-42-36(25-30)33-9-3-6-12-40(33)45-42)26-13-15-27(16-14-26)29-18-21-41-35(24-29)32-8-2-5-11-39(32)44-41/h1-25H. The van der Waals surface area contributed by atoms with E-state index in [0.717, 1.165) is 0 Å². The number of thiophene rings is 2. The molecule has 0 N–H and O–H groups in total. The monoisotopic (exact) mass is 607 g/mol. The third-order valence-electron chi connectivity index (χ3n) is 9.22. The van der Waals surface area contributed by atoms with Gasteiger partial charge in [-0.15, -0.1) is 22.7 Å². The molecular formula is C42H25NS2. The van der Waals surface area contributed by atoms with Crippen molar-refractivity contribution in [1.29, 1.82) is 0 Å². The fraction of sp³-hybridized carbons (Fsp3) is 0. The summed E-state index contributed by atoms with van der Waals surface area (Å²) in [6.45, 7) is 0. The van der Waals surface area contributed by atoms with Crippen LogP contribution in [0.25, 0.3) is 90.1 Å². The fourth-order valence-electron chi connectivity index (χ4n) is 7.04. The van der Waals surface area contributed by atoms with Crippen molar-refractivity contribution in [2.75, 3.05) is 0 Å². The summed E-state index contributed by atoms with van der Waals surface area (Å²) < 4.78 is 7.77. The van der Waals surface area contributed by atoms with Crippen molar-refractivity contribution in [3.05, 3.63) is 152 Å². The summed E-state index contributed by atoms with van der Waals surface area (Å²) in [7, 11) is 0. The molecule has 0 spiro atoms. The van der Waals surface area contributed by atoms with E-state index in [-0.39, 0.29) is 0 Å².